The van der Waals surface area contributed by atoms with Gasteiger partial charge in [0.1, 0.15) is 17.7 Å². The van der Waals surface area contributed by atoms with E-state index in [4.69, 9.17) is 19.9 Å². The lowest BCUT2D eigenvalue weighted by Gasteiger charge is -2.27. The molecule has 0 saturated heterocycles. The Hall–Kier alpha value is -3.61. The van der Waals surface area contributed by atoms with Crippen molar-refractivity contribution in [2.75, 3.05) is 20.0 Å². The van der Waals surface area contributed by atoms with E-state index < -0.39 is 0 Å². The number of pyridine rings is 3. The number of fused-ring (bicyclic) bond motifs is 3. The molecule has 0 bridgehead atoms. The molecule has 2 N–H and O–H groups in total. The molecule has 0 fully saturated rings. The number of ether oxygens (including phenoxy) is 3. The van der Waals surface area contributed by atoms with Crippen molar-refractivity contribution in [3.05, 3.63) is 49.8 Å². The number of aromatic nitrogens is 3. The average molecular weight is 432 g/mol. The third kappa shape index (κ3) is 3.98. The summed E-state index contributed by atoms with van der Waals surface area (Å²) in [5.74, 6) is 2.25. The van der Waals surface area contributed by atoms with Crippen LogP contribution in [0.25, 0.3) is 32.9 Å². The quantitative estimate of drug-likeness (QED) is 0.441. The van der Waals surface area contributed by atoms with Gasteiger partial charge in [-0.2, -0.15) is 0 Å². The van der Waals surface area contributed by atoms with Gasteiger partial charge in [-0.3, -0.25) is 9.97 Å². The van der Waals surface area contributed by atoms with Gasteiger partial charge in [0.15, 0.2) is 11.5 Å². The van der Waals surface area contributed by atoms with Crippen molar-refractivity contribution in [1.29, 1.82) is 0 Å². The second kappa shape index (κ2) is 8.15. The van der Waals surface area contributed by atoms with Gasteiger partial charge in [0.2, 0.25) is 0 Å². The third-order valence-corrected chi connectivity index (χ3v) is 5.47. The summed E-state index contributed by atoms with van der Waals surface area (Å²) in [6, 6.07) is 7.63. The number of nitrogens with zero attached hydrogens (tertiary/aromatic N) is 3. The first-order chi connectivity index (χ1) is 15.2. The van der Waals surface area contributed by atoms with Crippen LogP contribution in [0.2, 0.25) is 0 Å². The summed E-state index contributed by atoms with van der Waals surface area (Å²) < 4.78 is 16.9. The summed E-state index contributed by atoms with van der Waals surface area (Å²) in [5, 5.41) is 2.57. The second-order valence-corrected chi connectivity index (χ2v) is 8.72. The van der Waals surface area contributed by atoms with Gasteiger partial charge < -0.3 is 19.9 Å². The van der Waals surface area contributed by atoms with E-state index in [-0.39, 0.29) is 11.5 Å². The Labute approximate surface area is 187 Å². The van der Waals surface area contributed by atoms with E-state index in [1.807, 2.05) is 24.3 Å². The van der Waals surface area contributed by atoms with E-state index in [1.165, 1.54) is 0 Å². The molecule has 0 aliphatic heterocycles. The Balaban J connectivity index is 1.85. The van der Waals surface area contributed by atoms with Crippen molar-refractivity contribution < 1.29 is 14.2 Å². The Kier molecular flexibility index (Phi) is 5.50. The van der Waals surface area contributed by atoms with Crippen LogP contribution >= 0.6 is 0 Å². The second-order valence-electron chi connectivity index (χ2n) is 8.72. The van der Waals surface area contributed by atoms with Crippen molar-refractivity contribution in [2.45, 2.75) is 26.9 Å². The lowest BCUT2D eigenvalue weighted by atomic mass is 9.90. The van der Waals surface area contributed by atoms with Gasteiger partial charge in [-0.25, -0.2) is 4.98 Å². The number of nitrogens with two attached hydrogens (primary N) is 1. The Morgan fingerprint density at radius 2 is 1.62 bits per heavy atom. The highest BCUT2D eigenvalue weighted by Gasteiger charge is 2.22. The van der Waals surface area contributed by atoms with Crippen molar-refractivity contribution in [3.8, 4) is 28.5 Å². The number of hydrogen-bond acceptors (Lipinski definition) is 7. The van der Waals surface area contributed by atoms with Gasteiger partial charge in [-0.1, -0.05) is 20.8 Å². The van der Waals surface area contributed by atoms with Crippen LogP contribution in [0.4, 0.5) is 5.82 Å². The maximum Gasteiger partial charge on any atom is 0.162 e. The van der Waals surface area contributed by atoms with Gasteiger partial charge in [0.05, 0.1) is 31.6 Å². The average Bonchev–Trinajstić information content (AvgIpc) is 2.77. The molecule has 0 spiro atoms. The van der Waals surface area contributed by atoms with Crippen LogP contribution in [-0.4, -0.2) is 35.3 Å². The van der Waals surface area contributed by atoms with Gasteiger partial charge in [-0.05, 0) is 35.9 Å². The number of rotatable bonds is 5. The van der Waals surface area contributed by atoms with Crippen LogP contribution < -0.4 is 19.9 Å². The molecular formula is C25H27N4O3. The zero-order chi connectivity index (χ0) is 23.0. The number of benzene rings is 1. The van der Waals surface area contributed by atoms with E-state index in [9.17, 15) is 0 Å². The largest absolute Gasteiger partial charge is 0.493 e. The molecule has 0 amide bonds. The molecule has 32 heavy (non-hydrogen) atoms. The van der Waals surface area contributed by atoms with Crippen LogP contribution in [0.15, 0.2) is 42.9 Å². The topological polar surface area (TPSA) is 92.4 Å². The van der Waals surface area contributed by atoms with Crippen molar-refractivity contribution in [1.82, 2.24) is 15.0 Å². The molecule has 4 rings (SSSR count). The molecule has 7 heteroatoms. The summed E-state index contributed by atoms with van der Waals surface area (Å²) in [6.45, 7) is 10.3. The summed E-state index contributed by atoms with van der Waals surface area (Å²) >= 11 is 0. The lowest BCUT2D eigenvalue weighted by molar-refractivity contribution is 0.126. The minimum Gasteiger partial charge on any atom is -0.493 e. The molecule has 0 aliphatic rings. The van der Waals surface area contributed by atoms with E-state index in [0.29, 0.717) is 28.8 Å². The summed E-state index contributed by atoms with van der Waals surface area (Å²) in [6.07, 6.45) is 4.91. The molecule has 3 heterocycles. The number of hydrogen-bond donors (Lipinski definition) is 1. The highest BCUT2D eigenvalue weighted by molar-refractivity contribution is 6.10. The SMILES string of the molecule is [CH2]C(Oc1cncc(-c2cc3c(cnc4cc(OC)c(OC)cc43)c(N)n2)c1)C(C)(C)C. The molecule has 165 valence electrons. The Morgan fingerprint density at radius 3 is 2.31 bits per heavy atom. The normalized spacial score (nSPS) is 12.7. The Morgan fingerprint density at radius 1 is 0.906 bits per heavy atom. The molecule has 1 aromatic carbocycles. The van der Waals surface area contributed by atoms with Crippen LogP contribution in [0.1, 0.15) is 20.8 Å². The predicted molar refractivity (Wildman–Crippen MR) is 127 cm³/mol. The number of methoxy groups -OCH3 is 2. The fourth-order valence-corrected chi connectivity index (χ4v) is 3.37. The highest BCUT2D eigenvalue weighted by Crippen LogP contribution is 2.37. The summed E-state index contributed by atoms with van der Waals surface area (Å²) in [5.41, 5.74) is 8.47. The van der Waals surface area contributed by atoms with Crippen LogP contribution in [0.3, 0.4) is 0 Å². The molecule has 1 unspecified atom stereocenters. The van der Waals surface area contributed by atoms with Crippen LogP contribution in [0.5, 0.6) is 17.2 Å². The number of nitrogen functional groups attached to an aromatic ring is 1. The molecule has 4 aromatic rings. The van der Waals surface area contributed by atoms with E-state index in [1.54, 1.807) is 32.8 Å². The number of anilines is 1. The zero-order valence-electron chi connectivity index (χ0n) is 19.0. The first-order valence-electron chi connectivity index (χ1n) is 10.3. The first-order valence-corrected chi connectivity index (χ1v) is 10.3. The predicted octanol–water partition coefficient (Wildman–Crippen LogP) is 5.07. The van der Waals surface area contributed by atoms with Gasteiger partial charge in [0.25, 0.3) is 0 Å². The van der Waals surface area contributed by atoms with Crippen LogP contribution in [-0.2, 0) is 0 Å². The van der Waals surface area contributed by atoms with Gasteiger partial charge in [-0.15, -0.1) is 0 Å². The van der Waals surface area contributed by atoms with Crippen molar-refractivity contribution in [3.63, 3.8) is 0 Å². The van der Waals surface area contributed by atoms with E-state index in [2.05, 4.69) is 42.6 Å². The standard InChI is InChI=1S/C25H27N4O3/c1-14(25(2,3)4)32-16-7-15(11-27-12-16)20-8-17-18-9-22(30-5)23(31-6)10-21(18)28-13-19(17)24(26)29-20/h7-14H,1H2,2-6H3,(H2,26,29). The molecule has 0 saturated carbocycles. The summed E-state index contributed by atoms with van der Waals surface area (Å²) in [7, 11) is 3.21. The van der Waals surface area contributed by atoms with Crippen LogP contribution in [0, 0.1) is 12.3 Å². The zero-order valence-corrected chi connectivity index (χ0v) is 19.0. The maximum atomic E-state index is 6.32. The van der Waals surface area contributed by atoms with Gasteiger partial charge >= 0.3 is 0 Å². The molecular weight excluding hydrogens is 404 g/mol. The molecule has 0 aliphatic carbocycles. The molecule has 1 atom stereocenters. The minimum atomic E-state index is -0.230. The molecule has 7 nitrogen and oxygen atoms in total. The minimum absolute atomic E-state index is 0.104. The fraction of sp³-hybridized carbons (Fsp3) is 0.280. The summed E-state index contributed by atoms with van der Waals surface area (Å²) in [4.78, 5) is 13.5. The Bertz CT molecular complexity index is 1300. The molecule has 3 aromatic heterocycles. The fourth-order valence-electron chi connectivity index (χ4n) is 3.37. The lowest BCUT2D eigenvalue weighted by Crippen LogP contribution is -2.29. The maximum absolute atomic E-state index is 6.32. The van der Waals surface area contributed by atoms with E-state index >= 15 is 0 Å². The van der Waals surface area contributed by atoms with E-state index in [0.717, 1.165) is 27.2 Å². The van der Waals surface area contributed by atoms with Crippen molar-refractivity contribution in [2.24, 2.45) is 5.41 Å². The smallest absolute Gasteiger partial charge is 0.162 e. The highest BCUT2D eigenvalue weighted by atomic mass is 16.5. The molecule has 1 radical (unpaired) electrons. The monoisotopic (exact) mass is 431 g/mol. The van der Waals surface area contributed by atoms with Gasteiger partial charge in [0, 0.05) is 34.8 Å². The first kappa shape index (κ1) is 21.6. The third-order valence-electron chi connectivity index (χ3n) is 5.47. The van der Waals surface area contributed by atoms with Crippen molar-refractivity contribution >= 4 is 27.5 Å².